The Morgan fingerprint density at radius 2 is 2.33 bits per heavy atom. The largest absolute Gasteiger partial charge is 0.374 e. The monoisotopic (exact) mass is 144 g/mol. The molecule has 0 aromatic carbocycles. The van der Waals surface area contributed by atoms with Gasteiger partial charge in [0.05, 0.1) is 12.2 Å². The second kappa shape index (κ2) is 1.67. The standard InChI is InChI=1S/C7H12OS/c1-7(9)4-5-2-3-6(7)8-5/h5-6,9H,2-4H2,1H3. The van der Waals surface area contributed by atoms with Crippen molar-refractivity contribution in [1.82, 2.24) is 0 Å². The Morgan fingerprint density at radius 1 is 1.56 bits per heavy atom. The van der Waals surface area contributed by atoms with Crippen molar-refractivity contribution in [2.45, 2.75) is 43.1 Å². The van der Waals surface area contributed by atoms with Crippen molar-refractivity contribution in [3.05, 3.63) is 0 Å². The lowest BCUT2D eigenvalue weighted by molar-refractivity contribution is 0.0992. The van der Waals surface area contributed by atoms with Crippen molar-refractivity contribution in [2.75, 3.05) is 0 Å². The van der Waals surface area contributed by atoms with Gasteiger partial charge in [-0.3, -0.25) is 0 Å². The van der Waals surface area contributed by atoms with Crippen molar-refractivity contribution in [1.29, 1.82) is 0 Å². The molecular weight excluding hydrogens is 132 g/mol. The van der Waals surface area contributed by atoms with Crippen molar-refractivity contribution in [3.8, 4) is 0 Å². The van der Waals surface area contributed by atoms with Crippen LogP contribution in [-0.4, -0.2) is 17.0 Å². The first-order valence-corrected chi connectivity index (χ1v) is 4.01. The molecule has 3 unspecified atom stereocenters. The van der Waals surface area contributed by atoms with Crippen LogP contribution < -0.4 is 0 Å². The van der Waals surface area contributed by atoms with Crippen LogP contribution in [0.5, 0.6) is 0 Å². The van der Waals surface area contributed by atoms with Gasteiger partial charge in [-0.15, -0.1) is 0 Å². The van der Waals surface area contributed by atoms with Crippen molar-refractivity contribution >= 4 is 12.6 Å². The molecule has 0 aliphatic carbocycles. The molecule has 2 aliphatic rings. The molecule has 52 valence electrons. The molecule has 0 aromatic rings. The summed E-state index contributed by atoms with van der Waals surface area (Å²) in [5.74, 6) is 0. The topological polar surface area (TPSA) is 9.23 Å². The Morgan fingerprint density at radius 3 is 2.56 bits per heavy atom. The Kier molecular flexibility index (Phi) is 1.12. The van der Waals surface area contributed by atoms with E-state index in [0.29, 0.717) is 12.2 Å². The summed E-state index contributed by atoms with van der Waals surface area (Å²) in [4.78, 5) is 0. The maximum Gasteiger partial charge on any atom is 0.0722 e. The van der Waals surface area contributed by atoms with Gasteiger partial charge in [-0.25, -0.2) is 0 Å². The predicted molar refractivity (Wildman–Crippen MR) is 39.9 cm³/mol. The zero-order valence-electron chi connectivity index (χ0n) is 5.63. The molecule has 9 heavy (non-hydrogen) atoms. The zero-order chi connectivity index (χ0) is 6.48. The summed E-state index contributed by atoms with van der Waals surface area (Å²) in [5, 5.41) is 0. The van der Waals surface area contributed by atoms with E-state index in [4.69, 9.17) is 4.74 Å². The van der Waals surface area contributed by atoms with Gasteiger partial charge in [-0.1, -0.05) is 0 Å². The summed E-state index contributed by atoms with van der Waals surface area (Å²) in [5.41, 5.74) is 0. The number of ether oxygens (including phenoxy) is 1. The molecule has 0 aromatic heterocycles. The van der Waals surface area contributed by atoms with Crippen LogP contribution in [0.3, 0.4) is 0 Å². The molecular formula is C7H12OS. The molecule has 0 radical (unpaired) electrons. The minimum Gasteiger partial charge on any atom is -0.374 e. The molecule has 2 saturated heterocycles. The first-order chi connectivity index (χ1) is 4.18. The van der Waals surface area contributed by atoms with Gasteiger partial charge in [0.1, 0.15) is 0 Å². The minimum absolute atomic E-state index is 0.183. The minimum atomic E-state index is 0.183. The van der Waals surface area contributed by atoms with E-state index in [1.54, 1.807) is 0 Å². The second-order valence-electron chi connectivity index (χ2n) is 3.39. The molecule has 0 N–H and O–H groups in total. The summed E-state index contributed by atoms with van der Waals surface area (Å²) in [6.07, 6.45) is 4.63. The molecule has 2 heterocycles. The van der Waals surface area contributed by atoms with E-state index in [0.717, 1.165) is 6.42 Å². The van der Waals surface area contributed by atoms with Crippen LogP contribution in [0.4, 0.5) is 0 Å². The molecule has 2 heteroatoms. The molecule has 1 nitrogen and oxygen atoms in total. The van der Waals surface area contributed by atoms with Gasteiger partial charge in [0.15, 0.2) is 0 Å². The van der Waals surface area contributed by atoms with Gasteiger partial charge in [0, 0.05) is 4.75 Å². The summed E-state index contributed by atoms with van der Waals surface area (Å²) in [6, 6.07) is 0. The van der Waals surface area contributed by atoms with Crippen LogP contribution in [0.25, 0.3) is 0 Å². The van der Waals surface area contributed by atoms with Crippen LogP contribution in [-0.2, 0) is 4.74 Å². The van der Waals surface area contributed by atoms with Crippen LogP contribution in [0.1, 0.15) is 26.2 Å². The maximum absolute atomic E-state index is 5.61. The van der Waals surface area contributed by atoms with Crippen molar-refractivity contribution in [3.63, 3.8) is 0 Å². The molecule has 2 bridgehead atoms. The molecule has 2 rings (SSSR count). The molecule has 2 fully saturated rings. The number of rotatable bonds is 0. The number of thiol groups is 1. The molecule has 0 saturated carbocycles. The summed E-state index contributed by atoms with van der Waals surface area (Å²) < 4.78 is 5.79. The smallest absolute Gasteiger partial charge is 0.0722 e. The van der Waals surface area contributed by atoms with Crippen LogP contribution >= 0.6 is 12.6 Å². The first-order valence-electron chi connectivity index (χ1n) is 3.56. The maximum atomic E-state index is 5.61. The van der Waals surface area contributed by atoms with Gasteiger partial charge in [-0.05, 0) is 26.2 Å². The fourth-order valence-corrected chi connectivity index (χ4v) is 2.30. The average molecular weight is 144 g/mol. The van der Waals surface area contributed by atoms with E-state index in [2.05, 4.69) is 19.6 Å². The van der Waals surface area contributed by atoms with E-state index in [-0.39, 0.29) is 4.75 Å². The van der Waals surface area contributed by atoms with Crippen LogP contribution in [0.15, 0.2) is 0 Å². The highest BCUT2D eigenvalue weighted by atomic mass is 32.1. The summed E-state index contributed by atoms with van der Waals surface area (Å²) >= 11 is 4.53. The predicted octanol–water partition coefficient (Wildman–Crippen LogP) is 1.63. The number of fused-ring (bicyclic) bond motifs is 2. The first kappa shape index (κ1) is 6.05. The third kappa shape index (κ3) is 0.802. The number of hydrogen-bond donors (Lipinski definition) is 1. The Balaban J connectivity index is 2.18. The van der Waals surface area contributed by atoms with Gasteiger partial charge >= 0.3 is 0 Å². The Bertz CT molecular complexity index is 133. The van der Waals surface area contributed by atoms with Crippen molar-refractivity contribution < 1.29 is 4.74 Å². The van der Waals surface area contributed by atoms with Crippen molar-refractivity contribution in [2.24, 2.45) is 0 Å². The molecule has 0 amide bonds. The highest BCUT2D eigenvalue weighted by molar-refractivity contribution is 7.81. The Hall–Kier alpha value is 0.310. The molecule has 2 aliphatic heterocycles. The SMILES string of the molecule is CC1(S)CC2CCC1O2. The highest BCUT2D eigenvalue weighted by Gasteiger charge is 2.46. The third-order valence-corrected chi connectivity index (χ3v) is 2.91. The fraction of sp³-hybridized carbons (Fsp3) is 1.00. The Labute approximate surface area is 61.2 Å². The fourth-order valence-electron chi connectivity index (χ4n) is 1.91. The summed E-state index contributed by atoms with van der Waals surface area (Å²) in [6.45, 7) is 2.18. The van der Waals surface area contributed by atoms with E-state index >= 15 is 0 Å². The average Bonchev–Trinajstić information content (AvgIpc) is 2.19. The van der Waals surface area contributed by atoms with E-state index < -0.39 is 0 Å². The van der Waals surface area contributed by atoms with Gasteiger partial charge in [-0.2, -0.15) is 12.6 Å². The second-order valence-corrected chi connectivity index (χ2v) is 4.41. The van der Waals surface area contributed by atoms with Gasteiger partial charge in [0.25, 0.3) is 0 Å². The number of hydrogen-bond acceptors (Lipinski definition) is 2. The van der Waals surface area contributed by atoms with E-state index in [1.165, 1.54) is 12.8 Å². The normalized spacial score (nSPS) is 56.7. The van der Waals surface area contributed by atoms with Crippen LogP contribution in [0, 0.1) is 0 Å². The highest BCUT2D eigenvalue weighted by Crippen LogP contribution is 2.44. The quantitative estimate of drug-likeness (QED) is 0.508. The van der Waals surface area contributed by atoms with E-state index in [9.17, 15) is 0 Å². The zero-order valence-corrected chi connectivity index (χ0v) is 6.53. The van der Waals surface area contributed by atoms with Gasteiger partial charge < -0.3 is 4.74 Å². The lowest BCUT2D eigenvalue weighted by Gasteiger charge is -2.24. The third-order valence-electron chi connectivity index (χ3n) is 2.44. The lowest BCUT2D eigenvalue weighted by atomic mass is 9.90. The molecule has 3 atom stereocenters. The van der Waals surface area contributed by atoms with Gasteiger partial charge in [0.2, 0.25) is 0 Å². The molecule has 0 spiro atoms. The summed E-state index contributed by atoms with van der Waals surface area (Å²) in [7, 11) is 0. The van der Waals surface area contributed by atoms with E-state index in [1.807, 2.05) is 0 Å². The lowest BCUT2D eigenvalue weighted by Crippen LogP contribution is -2.29. The van der Waals surface area contributed by atoms with Crippen LogP contribution in [0.2, 0.25) is 0 Å².